The summed E-state index contributed by atoms with van der Waals surface area (Å²) in [6.07, 6.45) is 3.77. The van der Waals surface area contributed by atoms with Crippen molar-refractivity contribution in [1.82, 2.24) is 0 Å². The molecule has 0 saturated heterocycles. The summed E-state index contributed by atoms with van der Waals surface area (Å²) in [5, 5.41) is 2.91. The first-order chi connectivity index (χ1) is 15.1. The molecule has 1 N–H and O–H groups in total. The van der Waals surface area contributed by atoms with E-state index < -0.39 is 0 Å². The molecule has 0 heterocycles. The topological polar surface area (TPSA) is 66.0 Å². The van der Waals surface area contributed by atoms with Crippen LogP contribution < -0.4 is 24.3 Å². The molecule has 0 bridgehead atoms. The Morgan fingerprint density at radius 2 is 1.29 bits per heavy atom. The number of rotatable bonds is 8. The summed E-state index contributed by atoms with van der Waals surface area (Å²) in [4.78, 5) is 13.1. The fourth-order valence-electron chi connectivity index (χ4n) is 3.03. The molecule has 1 amide bonds. The van der Waals surface area contributed by atoms with Crippen LogP contribution in [0, 0.1) is 0 Å². The van der Waals surface area contributed by atoms with Gasteiger partial charge < -0.3 is 24.3 Å². The molecule has 6 heteroatoms. The van der Waals surface area contributed by atoms with Gasteiger partial charge in [0, 0.05) is 11.8 Å². The maximum Gasteiger partial charge on any atom is 0.260 e. The van der Waals surface area contributed by atoms with E-state index in [4.69, 9.17) is 18.9 Å². The van der Waals surface area contributed by atoms with Crippen molar-refractivity contribution in [2.24, 2.45) is 0 Å². The molecule has 6 nitrogen and oxygen atoms in total. The van der Waals surface area contributed by atoms with E-state index in [1.807, 2.05) is 36.4 Å². The van der Waals surface area contributed by atoms with E-state index >= 15 is 0 Å². The summed E-state index contributed by atoms with van der Waals surface area (Å²) >= 11 is 0. The largest absolute Gasteiger partial charge is 0.497 e. The Hall–Kier alpha value is -3.93. The van der Waals surface area contributed by atoms with Crippen LogP contribution in [0.25, 0.3) is 12.2 Å². The van der Waals surface area contributed by atoms with Crippen LogP contribution in [0.5, 0.6) is 23.0 Å². The van der Waals surface area contributed by atoms with Crippen LogP contribution in [0.2, 0.25) is 0 Å². The number of benzene rings is 3. The van der Waals surface area contributed by atoms with Crippen molar-refractivity contribution in [3.63, 3.8) is 0 Å². The van der Waals surface area contributed by atoms with Gasteiger partial charge in [0.05, 0.1) is 34.0 Å². The average molecular weight is 419 g/mol. The predicted molar refractivity (Wildman–Crippen MR) is 122 cm³/mol. The lowest BCUT2D eigenvalue weighted by Crippen LogP contribution is -2.15. The van der Waals surface area contributed by atoms with Gasteiger partial charge in [0.2, 0.25) is 0 Å². The minimum atomic E-state index is -0.293. The Kier molecular flexibility index (Phi) is 7.17. The molecule has 160 valence electrons. The lowest BCUT2D eigenvalue weighted by atomic mass is 10.0. The van der Waals surface area contributed by atoms with Crippen LogP contribution in [-0.4, -0.2) is 34.3 Å². The van der Waals surface area contributed by atoms with E-state index in [0.29, 0.717) is 34.1 Å². The predicted octanol–water partition coefficient (Wildman–Crippen LogP) is 5.14. The molecule has 3 aromatic carbocycles. The molecule has 0 unspecified atom stereocenters. The van der Waals surface area contributed by atoms with E-state index in [-0.39, 0.29) is 5.91 Å². The monoisotopic (exact) mass is 419 g/mol. The average Bonchev–Trinajstić information content (AvgIpc) is 2.82. The van der Waals surface area contributed by atoms with Gasteiger partial charge in [-0.1, -0.05) is 24.3 Å². The maximum absolute atomic E-state index is 13.1. The minimum Gasteiger partial charge on any atom is -0.497 e. The maximum atomic E-state index is 13.1. The highest BCUT2D eigenvalue weighted by atomic mass is 16.5. The highest BCUT2D eigenvalue weighted by Crippen LogP contribution is 2.31. The number of nitrogens with one attached hydrogen (secondary N) is 1. The summed E-state index contributed by atoms with van der Waals surface area (Å²) in [5.74, 6) is 2.20. The van der Waals surface area contributed by atoms with Crippen molar-refractivity contribution in [2.75, 3.05) is 33.8 Å². The van der Waals surface area contributed by atoms with Gasteiger partial charge in [-0.15, -0.1) is 0 Å². The first kappa shape index (κ1) is 21.8. The van der Waals surface area contributed by atoms with Crippen molar-refractivity contribution >= 4 is 23.7 Å². The number of methoxy groups -OCH3 is 4. The molecule has 0 aliphatic rings. The molecule has 31 heavy (non-hydrogen) atoms. The second-order valence-corrected chi connectivity index (χ2v) is 6.58. The highest BCUT2D eigenvalue weighted by Gasteiger charge is 2.18. The standard InChI is InChI=1S/C25H25NO5/c1-28-20-11-6-17(7-12-20)5-8-18-15-22(30-3)16-23(31-4)24(18)25(27)26-19-9-13-21(29-2)14-10-19/h5-16H,1-4H3,(H,26,27)/b8-5+. The van der Waals surface area contributed by atoms with E-state index in [2.05, 4.69) is 5.32 Å². The fraction of sp³-hybridized carbons (Fsp3) is 0.160. The lowest BCUT2D eigenvalue weighted by Gasteiger charge is -2.14. The first-order valence-electron chi connectivity index (χ1n) is 9.61. The zero-order valence-corrected chi connectivity index (χ0v) is 18.0. The quantitative estimate of drug-likeness (QED) is 0.512. The number of hydrogen-bond donors (Lipinski definition) is 1. The van der Waals surface area contributed by atoms with Crippen LogP contribution in [0.3, 0.4) is 0 Å². The van der Waals surface area contributed by atoms with Crippen LogP contribution in [-0.2, 0) is 0 Å². The Balaban J connectivity index is 1.96. The van der Waals surface area contributed by atoms with Crippen LogP contribution >= 0.6 is 0 Å². The molecule has 0 radical (unpaired) electrons. The zero-order valence-electron chi connectivity index (χ0n) is 18.0. The minimum absolute atomic E-state index is 0.293. The third-order valence-corrected chi connectivity index (χ3v) is 4.71. The van der Waals surface area contributed by atoms with E-state index in [0.717, 1.165) is 11.3 Å². The van der Waals surface area contributed by atoms with E-state index in [1.54, 1.807) is 57.7 Å². The molecule has 0 aliphatic heterocycles. The molecular formula is C25H25NO5. The molecule has 0 atom stereocenters. The summed E-state index contributed by atoms with van der Waals surface area (Å²) in [7, 11) is 6.32. The molecule has 0 saturated carbocycles. The number of carbonyl (C=O) groups excluding carboxylic acids is 1. The van der Waals surface area contributed by atoms with Gasteiger partial charge in [0.25, 0.3) is 5.91 Å². The van der Waals surface area contributed by atoms with Gasteiger partial charge in [-0.05, 0) is 53.6 Å². The summed E-state index contributed by atoms with van der Waals surface area (Å²) in [6.45, 7) is 0. The Bertz CT molecular complexity index is 1060. The first-order valence-corrected chi connectivity index (χ1v) is 9.61. The Morgan fingerprint density at radius 1 is 0.710 bits per heavy atom. The van der Waals surface area contributed by atoms with Crippen LogP contribution in [0.4, 0.5) is 5.69 Å². The number of carbonyl (C=O) groups is 1. The van der Waals surface area contributed by atoms with E-state index in [9.17, 15) is 4.79 Å². The SMILES string of the molecule is COc1ccc(/C=C/c2cc(OC)cc(OC)c2C(=O)Nc2ccc(OC)cc2)cc1. The fourth-order valence-corrected chi connectivity index (χ4v) is 3.03. The Labute approximate surface area is 182 Å². The molecule has 3 rings (SSSR count). The molecule has 0 spiro atoms. The van der Waals surface area contributed by atoms with Gasteiger partial charge in [0.1, 0.15) is 23.0 Å². The molecular weight excluding hydrogens is 394 g/mol. The molecule has 0 aliphatic carbocycles. The second-order valence-electron chi connectivity index (χ2n) is 6.58. The van der Waals surface area contributed by atoms with Gasteiger partial charge in [-0.3, -0.25) is 4.79 Å². The normalized spacial score (nSPS) is 10.6. The summed E-state index contributed by atoms with van der Waals surface area (Å²) in [5.41, 5.74) is 2.68. The second kappa shape index (κ2) is 10.2. The Morgan fingerprint density at radius 3 is 1.84 bits per heavy atom. The summed E-state index contributed by atoms with van der Waals surface area (Å²) < 4.78 is 21.2. The van der Waals surface area contributed by atoms with Crippen molar-refractivity contribution in [3.8, 4) is 23.0 Å². The van der Waals surface area contributed by atoms with Gasteiger partial charge >= 0.3 is 0 Å². The summed E-state index contributed by atoms with van der Waals surface area (Å²) in [6, 6.07) is 18.2. The molecule has 0 fully saturated rings. The van der Waals surface area contributed by atoms with Gasteiger partial charge in [-0.2, -0.15) is 0 Å². The van der Waals surface area contributed by atoms with Crippen molar-refractivity contribution in [2.45, 2.75) is 0 Å². The molecule has 0 aromatic heterocycles. The van der Waals surface area contributed by atoms with E-state index in [1.165, 1.54) is 7.11 Å². The lowest BCUT2D eigenvalue weighted by molar-refractivity contribution is 0.102. The third-order valence-electron chi connectivity index (χ3n) is 4.71. The highest BCUT2D eigenvalue weighted by molar-refractivity contribution is 6.09. The van der Waals surface area contributed by atoms with Gasteiger partial charge in [0.15, 0.2) is 0 Å². The van der Waals surface area contributed by atoms with Gasteiger partial charge in [-0.25, -0.2) is 0 Å². The number of anilines is 1. The van der Waals surface area contributed by atoms with Crippen LogP contribution in [0.15, 0.2) is 60.7 Å². The number of ether oxygens (including phenoxy) is 4. The number of hydrogen-bond acceptors (Lipinski definition) is 5. The molecule has 3 aromatic rings. The zero-order chi connectivity index (χ0) is 22.2. The van der Waals surface area contributed by atoms with Crippen molar-refractivity contribution in [3.05, 3.63) is 77.4 Å². The van der Waals surface area contributed by atoms with Crippen molar-refractivity contribution < 1.29 is 23.7 Å². The number of amides is 1. The van der Waals surface area contributed by atoms with Crippen LogP contribution in [0.1, 0.15) is 21.5 Å². The third kappa shape index (κ3) is 5.36. The van der Waals surface area contributed by atoms with Crippen molar-refractivity contribution in [1.29, 1.82) is 0 Å². The smallest absolute Gasteiger partial charge is 0.260 e.